The molecule has 1 aromatic rings. The fraction of sp³-hybridized carbons (Fsp3) is 0.750. The number of rotatable bonds is 4. The van der Waals surface area contributed by atoms with E-state index in [9.17, 15) is 0 Å². The van der Waals surface area contributed by atoms with E-state index >= 15 is 0 Å². The Labute approximate surface area is 97.0 Å². The van der Waals surface area contributed by atoms with Crippen molar-refractivity contribution in [1.82, 2.24) is 9.78 Å². The fourth-order valence-electron chi connectivity index (χ4n) is 2.37. The van der Waals surface area contributed by atoms with Crippen molar-refractivity contribution in [2.24, 2.45) is 0 Å². The third-order valence-electron chi connectivity index (χ3n) is 3.31. The summed E-state index contributed by atoms with van der Waals surface area (Å²) in [5, 5.41) is 7.79. The van der Waals surface area contributed by atoms with E-state index in [0.29, 0.717) is 12.1 Å². The molecule has 2 atom stereocenters. The molecule has 4 heteroatoms. The number of aryl methyl sites for hydroxylation is 1. The van der Waals surface area contributed by atoms with Gasteiger partial charge in [0.15, 0.2) is 0 Å². The summed E-state index contributed by atoms with van der Waals surface area (Å²) in [6.45, 7) is 3.01. The lowest BCUT2D eigenvalue weighted by atomic mass is 9.92. The van der Waals surface area contributed by atoms with Gasteiger partial charge in [-0.05, 0) is 19.8 Å². The molecule has 0 radical (unpaired) electrons. The minimum absolute atomic E-state index is 0.346. The maximum Gasteiger partial charge on any atom is 0.0772 e. The Morgan fingerprint density at radius 3 is 3.00 bits per heavy atom. The average Bonchev–Trinajstić information content (AvgIpc) is 2.77. The lowest BCUT2D eigenvalue weighted by Gasteiger charge is -2.31. The molecular weight excluding hydrogens is 202 g/mol. The molecule has 1 saturated carbocycles. The van der Waals surface area contributed by atoms with Crippen molar-refractivity contribution < 1.29 is 4.74 Å². The fourth-order valence-corrected chi connectivity index (χ4v) is 2.37. The lowest BCUT2D eigenvalue weighted by molar-refractivity contribution is 0.0606. The van der Waals surface area contributed by atoms with Gasteiger partial charge in [0.05, 0.1) is 24.0 Å². The zero-order chi connectivity index (χ0) is 11.4. The quantitative estimate of drug-likeness (QED) is 0.851. The van der Waals surface area contributed by atoms with Crippen LogP contribution in [-0.2, 0) is 11.3 Å². The molecule has 16 heavy (non-hydrogen) atoms. The molecule has 0 saturated heterocycles. The van der Waals surface area contributed by atoms with Gasteiger partial charge in [0.2, 0.25) is 0 Å². The largest absolute Gasteiger partial charge is 0.379 e. The van der Waals surface area contributed by atoms with Crippen molar-refractivity contribution in [3.63, 3.8) is 0 Å². The molecule has 1 fully saturated rings. The van der Waals surface area contributed by atoms with Gasteiger partial charge in [0, 0.05) is 19.9 Å². The second-order valence-electron chi connectivity index (χ2n) is 4.39. The molecule has 1 heterocycles. The minimum Gasteiger partial charge on any atom is -0.379 e. The Morgan fingerprint density at radius 1 is 1.50 bits per heavy atom. The molecule has 0 aromatic carbocycles. The van der Waals surface area contributed by atoms with Gasteiger partial charge >= 0.3 is 0 Å². The summed E-state index contributed by atoms with van der Waals surface area (Å²) >= 11 is 0. The molecule has 0 aliphatic heterocycles. The SMILES string of the molecule is CCn1cc(NC2CCCCC2OC)cn1. The maximum absolute atomic E-state index is 5.52. The van der Waals surface area contributed by atoms with Gasteiger partial charge in [0.25, 0.3) is 0 Å². The normalized spacial score (nSPS) is 25.6. The van der Waals surface area contributed by atoms with E-state index in [0.717, 1.165) is 18.7 Å². The topological polar surface area (TPSA) is 39.1 Å². The van der Waals surface area contributed by atoms with E-state index in [2.05, 4.69) is 23.5 Å². The first-order valence-corrected chi connectivity index (χ1v) is 6.15. The van der Waals surface area contributed by atoms with Crippen LogP contribution in [0.25, 0.3) is 0 Å². The molecule has 0 spiro atoms. The van der Waals surface area contributed by atoms with Crippen LogP contribution in [0, 0.1) is 0 Å². The molecular formula is C12H21N3O. The van der Waals surface area contributed by atoms with Gasteiger partial charge in [0.1, 0.15) is 0 Å². The van der Waals surface area contributed by atoms with Crippen LogP contribution in [0.1, 0.15) is 32.6 Å². The van der Waals surface area contributed by atoms with Crippen molar-refractivity contribution in [3.05, 3.63) is 12.4 Å². The van der Waals surface area contributed by atoms with Crippen LogP contribution in [0.3, 0.4) is 0 Å². The summed E-state index contributed by atoms with van der Waals surface area (Å²) in [4.78, 5) is 0. The first-order chi connectivity index (χ1) is 7.83. The first-order valence-electron chi connectivity index (χ1n) is 6.15. The van der Waals surface area contributed by atoms with Crippen molar-refractivity contribution in [2.45, 2.75) is 51.3 Å². The van der Waals surface area contributed by atoms with E-state index < -0.39 is 0 Å². The third-order valence-corrected chi connectivity index (χ3v) is 3.31. The second-order valence-corrected chi connectivity index (χ2v) is 4.39. The zero-order valence-electron chi connectivity index (χ0n) is 10.1. The van der Waals surface area contributed by atoms with Gasteiger partial charge in [-0.25, -0.2) is 0 Å². The van der Waals surface area contributed by atoms with Crippen molar-refractivity contribution >= 4 is 5.69 Å². The Balaban J connectivity index is 1.96. The summed E-state index contributed by atoms with van der Waals surface area (Å²) in [5.41, 5.74) is 1.11. The zero-order valence-corrected chi connectivity index (χ0v) is 10.1. The highest BCUT2D eigenvalue weighted by Gasteiger charge is 2.24. The van der Waals surface area contributed by atoms with Crippen LogP contribution < -0.4 is 5.32 Å². The summed E-state index contributed by atoms with van der Waals surface area (Å²) in [7, 11) is 1.81. The second kappa shape index (κ2) is 5.34. The number of methoxy groups -OCH3 is 1. The van der Waals surface area contributed by atoms with Crippen LogP contribution in [0.15, 0.2) is 12.4 Å². The maximum atomic E-state index is 5.52. The lowest BCUT2D eigenvalue weighted by Crippen LogP contribution is -2.37. The first kappa shape index (κ1) is 11.5. The van der Waals surface area contributed by atoms with E-state index in [1.165, 1.54) is 19.3 Å². The Kier molecular flexibility index (Phi) is 3.83. The van der Waals surface area contributed by atoms with E-state index in [1.807, 2.05) is 10.9 Å². The van der Waals surface area contributed by atoms with Crippen molar-refractivity contribution in [1.29, 1.82) is 0 Å². The molecule has 4 nitrogen and oxygen atoms in total. The number of anilines is 1. The Bertz CT molecular complexity index is 324. The van der Waals surface area contributed by atoms with Crippen LogP contribution in [0.4, 0.5) is 5.69 Å². The molecule has 1 N–H and O–H groups in total. The van der Waals surface area contributed by atoms with Crippen LogP contribution in [-0.4, -0.2) is 29.0 Å². The number of ether oxygens (including phenoxy) is 1. The molecule has 0 amide bonds. The van der Waals surface area contributed by atoms with Gasteiger partial charge in [-0.15, -0.1) is 0 Å². The molecule has 2 unspecified atom stereocenters. The number of hydrogen-bond donors (Lipinski definition) is 1. The summed E-state index contributed by atoms with van der Waals surface area (Å²) in [6, 6.07) is 0.438. The van der Waals surface area contributed by atoms with Crippen LogP contribution in [0.5, 0.6) is 0 Å². The molecule has 1 aliphatic carbocycles. The summed E-state index contributed by atoms with van der Waals surface area (Å²) < 4.78 is 7.46. The predicted octanol–water partition coefficient (Wildman–Crippen LogP) is 2.27. The molecule has 1 aliphatic rings. The number of nitrogens with zero attached hydrogens (tertiary/aromatic N) is 2. The molecule has 0 bridgehead atoms. The van der Waals surface area contributed by atoms with E-state index in [4.69, 9.17) is 4.74 Å². The average molecular weight is 223 g/mol. The monoisotopic (exact) mass is 223 g/mol. The van der Waals surface area contributed by atoms with Gasteiger partial charge < -0.3 is 10.1 Å². The van der Waals surface area contributed by atoms with Gasteiger partial charge in [-0.3, -0.25) is 4.68 Å². The summed E-state index contributed by atoms with van der Waals surface area (Å²) in [6.07, 6.45) is 9.22. The van der Waals surface area contributed by atoms with E-state index in [-0.39, 0.29) is 0 Å². The smallest absolute Gasteiger partial charge is 0.0772 e. The minimum atomic E-state index is 0.346. The predicted molar refractivity (Wildman–Crippen MR) is 64.6 cm³/mol. The van der Waals surface area contributed by atoms with Gasteiger partial charge in [-0.2, -0.15) is 5.10 Å². The highest BCUT2D eigenvalue weighted by Crippen LogP contribution is 2.23. The third kappa shape index (κ3) is 2.55. The molecule has 1 aromatic heterocycles. The highest BCUT2D eigenvalue weighted by molar-refractivity contribution is 5.39. The molecule has 90 valence electrons. The number of aromatic nitrogens is 2. The Morgan fingerprint density at radius 2 is 2.31 bits per heavy atom. The van der Waals surface area contributed by atoms with Crippen LogP contribution in [0.2, 0.25) is 0 Å². The van der Waals surface area contributed by atoms with Crippen LogP contribution >= 0.6 is 0 Å². The highest BCUT2D eigenvalue weighted by atomic mass is 16.5. The van der Waals surface area contributed by atoms with Crippen molar-refractivity contribution in [3.8, 4) is 0 Å². The van der Waals surface area contributed by atoms with Crippen molar-refractivity contribution in [2.75, 3.05) is 12.4 Å². The van der Waals surface area contributed by atoms with Gasteiger partial charge in [-0.1, -0.05) is 12.8 Å². The Hall–Kier alpha value is -1.03. The van der Waals surface area contributed by atoms with E-state index in [1.54, 1.807) is 7.11 Å². The molecule has 2 rings (SSSR count). The standard InChI is InChI=1S/C12H21N3O/c1-3-15-9-10(8-13-15)14-11-6-4-5-7-12(11)16-2/h8-9,11-12,14H,3-7H2,1-2H3. The number of hydrogen-bond acceptors (Lipinski definition) is 3. The summed E-state index contributed by atoms with van der Waals surface area (Å²) in [5.74, 6) is 0. The number of nitrogens with one attached hydrogen (secondary N) is 1.